The molecule has 2 aliphatic heterocycles. The first-order chi connectivity index (χ1) is 10.5. The molecule has 1 saturated heterocycles. The minimum Gasteiger partial charge on any atom is -0.329 e. The van der Waals surface area contributed by atoms with E-state index in [0.717, 1.165) is 28.1 Å². The molecule has 2 heterocycles. The number of rotatable bonds is 3. The standard InChI is InChI=1S/C17H20N2O2S/c1-10(2)22-14-6-4-5-12-9-19(17(21)15(12)14)13-8-7-11(3)18-16(13)20/h4-6,10,13H,3,7-9H2,1-2H3,(H,18,20). The van der Waals surface area contributed by atoms with Crippen molar-refractivity contribution >= 4 is 23.6 Å². The second-order valence-corrected chi connectivity index (χ2v) is 7.66. The molecule has 1 aromatic rings. The van der Waals surface area contributed by atoms with Crippen LogP contribution in [0.1, 0.15) is 42.6 Å². The average Bonchev–Trinajstić information content (AvgIpc) is 2.76. The monoisotopic (exact) mass is 316 g/mol. The fraction of sp³-hybridized carbons (Fsp3) is 0.412. The van der Waals surface area contributed by atoms with Crippen molar-refractivity contribution in [3.05, 3.63) is 41.6 Å². The van der Waals surface area contributed by atoms with Crippen molar-refractivity contribution in [2.75, 3.05) is 0 Å². The molecule has 0 radical (unpaired) electrons. The SMILES string of the molecule is C=C1CCC(N2Cc3cccc(SC(C)C)c3C2=O)C(=O)N1. The van der Waals surface area contributed by atoms with Crippen LogP contribution in [-0.4, -0.2) is 28.0 Å². The molecule has 1 aromatic carbocycles. The van der Waals surface area contributed by atoms with Gasteiger partial charge in [-0.2, -0.15) is 0 Å². The summed E-state index contributed by atoms with van der Waals surface area (Å²) in [6.07, 6.45) is 1.38. The topological polar surface area (TPSA) is 49.4 Å². The summed E-state index contributed by atoms with van der Waals surface area (Å²) in [6.45, 7) is 8.54. The molecule has 1 atom stereocenters. The summed E-state index contributed by atoms with van der Waals surface area (Å²) < 4.78 is 0. The number of thioether (sulfide) groups is 1. The van der Waals surface area contributed by atoms with Crippen LogP contribution in [0, 0.1) is 0 Å². The van der Waals surface area contributed by atoms with Gasteiger partial charge in [0.1, 0.15) is 6.04 Å². The Morgan fingerprint density at radius 3 is 2.82 bits per heavy atom. The molecule has 4 nitrogen and oxygen atoms in total. The summed E-state index contributed by atoms with van der Waals surface area (Å²) in [6, 6.07) is 5.58. The van der Waals surface area contributed by atoms with Gasteiger partial charge in [-0.3, -0.25) is 9.59 Å². The van der Waals surface area contributed by atoms with E-state index in [0.29, 0.717) is 18.2 Å². The highest BCUT2D eigenvalue weighted by molar-refractivity contribution is 8.00. The minimum atomic E-state index is -0.387. The third kappa shape index (κ3) is 2.65. The second-order valence-electron chi connectivity index (χ2n) is 6.04. The van der Waals surface area contributed by atoms with E-state index in [9.17, 15) is 9.59 Å². The molecule has 1 unspecified atom stereocenters. The molecule has 1 N–H and O–H groups in total. The van der Waals surface area contributed by atoms with Crippen LogP contribution in [-0.2, 0) is 11.3 Å². The third-order valence-electron chi connectivity index (χ3n) is 3.99. The molecule has 116 valence electrons. The summed E-state index contributed by atoms with van der Waals surface area (Å²) in [7, 11) is 0. The lowest BCUT2D eigenvalue weighted by Gasteiger charge is -2.31. The van der Waals surface area contributed by atoms with Gasteiger partial charge in [0.15, 0.2) is 0 Å². The van der Waals surface area contributed by atoms with Gasteiger partial charge in [-0.15, -0.1) is 11.8 Å². The van der Waals surface area contributed by atoms with E-state index in [4.69, 9.17) is 0 Å². The summed E-state index contributed by atoms with van der Waals surface area (Å²) in [5, 5.41) is 3.18. The number of carbonyl (C=O) groups is 2. The highest BCUT2D eigenvalue weighted by Crippen LogP contribution is 2.35. The van der Waals surface area contributed by atoms with Gasteiger partial charge in [0.25, 0.3) is 5.91 Å². The number of hydrogen-bond acceptors (Lipinski definition) is 3. The lowest BCUT2D eigenvalue weighted by molar-refractivity contribution is -0.126. The second kappa shape index (κ2) is 5.80. The first kappa shape index (κ1) is 15.2. The van der Waals surface area contributed by atoms with Crippen LogP contribution in [0.15, 0.2) is 35.4 Å². The maximum Gasteiger partial charge on any atom is 0.256 e. The molecular formula is C17H20N2O2S. The van der Waals surface area contributed by atoms with Crippen molar-refractivity contribution in [3.8, 4) is 0 Å². The maximum absolute atomic E-state index is 12.8. The number of hydrogen-bond donors (Lipinski definition) is 1. The Hall–Kier alpha value is -1.75. The van der Waals surface area contributed by atoms with Crippen LogP contribution in [0.3, 0.4) is 0 Å². The van der Waals surface area contributed by atoms with Gasteiger partial charge < -0.3 is 10.2 Å². The molecule has 2 amide bonds. The molecule has 0 aliphatic carbocycles. The Labute approximate surface area is 135 Å². The smallest absolute Gasteiger partial charge is 0.256 e. The highest BCUT2D eigenvalue weighted by atomic mass is 32.2. The molecule has 0 saturated carbocycles. The van der Waals surface area contributed by atoms with E-state index in [1.165, 1.54) is 0 Å². The molecule has 3 rings (SSSR count). The molecule has 0 spiro atoms. The van der Waals surface area contributed by atoms with Gasteiger partial charge in [0.2, 0.25) is 5.91 Å². The lowest BCUT2D eigenvalue weighted by Crippen LogP contribution is -2.49. The Bertz CT molecular complexity index is 654. The van der Waals surface area contributed by atoms with Crippen LogP contribution in [0.4, 0.5) is 0 Å². The number of carbonyl (C=O) groups excluding carboxylic acids is 2. The van der Waals surface area contributed by atoms with Crippen LogP contribution < -0.4 is 5.32 Å². The molecule has 5 heteroatoms. The molecule has 22 heavy (non-hydrogen) atoms. The third-order valence-corrected chi connectivity index (χ3v) is 5.05. The summed E-state index contributed by atoms with van der Waals surface area (Å²) in [5.41, 5.74) is 2.53. The van der Waals surface area contributed by atoms with Crippen molar-refractivity contribution in [1.82, 2.24) is 10.2 Å². The summed E-state index contributed by atoms with van der Waals surface area (Å²) in [4.78, 5) is 27.7. The molecule has 2 aliphatic rings. The van der Waals surface area contributed by atoms with Crippen molar-refractivity contribution in [2.45, 2.75) is 49.4 Å². The number of benzene rings is 1. The summed E-state index contributed by atoms with van der Waals surface area (Å²) in [5.74, 6) is -0.137. The van der Waals surface area contributed by atoms with Gasteiger partial charge >= 0.3 is 0 Å². The number of fused-ring (bicyclic) bond motifs is 1. The van der Waals surface area contributed by atoms with Gasteiger partial charge in [0.05, 0.1) is 5.56 Å². The van der Waals surface area contributed by atoms with Crippen LogP contribution in [0.25, 0.3) is 0 Å². The van der Waals surface area contributed by atoms with Crippen molar-refractivity contribution in [1.29, 1.82) is 0 Å². The fourth-order valence-electron chi connectivity index (χ4n) is 3.01. The van der Waals surface area contributed by atoms with E-state index in [1.807, 2.05) is 18.2 Å². The minimum absolute atomic E-state index is 0.0218. The predicted molar refractivity (Wildman–Crippen MR) is 87.6 cm³/mol. The zero-order chi connectivity index (χ0) is 15.9. The Kier molecular flexibility index (Phi) is 4.00. The Morgan fingerprint density at radius 1 is 1.36 bits per heavy atom. The largest absolute Gasteiger partial charge is 0.329 e. The highest BCUT2D eigenvalue weighted by Gasteiger charge is 2.39. The number of nitrogens with one attached hydrogen (secondary N) is 1. The Morgan fingerprint density at radius 2 is 2.14 bits per heavy atom. The van der Waals surface area contributed by atoms with E-state index < -0.39 is 0 Å². The van der Waals surface area contributed by atoms with Crippen molar-refractivity contribution in [2.24, 2.45) is 0 Å². The van der Waals surface area contributed by atoms with E-state index in [-0.39, 0.29) is 17.9 Å². The molecule has 1 fully saturated rings. The average molecular weight is 316 g/mol. The first-order valence-corrected chi connectivity index (χ1v) is 8.43. The molecular weight excluding hydrogens is 296 g/mol. The zero-order valence-electron chi connectivity index (χ0n) is 12.9. The number of piperidine rings is 1. The van der Waals surface area contributed by atoms with Crippen molar-refractivity contribution < 1.29 is 9.59 Å². The molecule has 0 bridgehead atoms. The van der Waals surface area contributed by atoms with E-state index in [1.54, 1.807) is 16.7 Å². The van der Waals surface area contributed by atoms with Gasteiger partial charge in [0, 0.05) is 22.4 Å². The zero-order valence-corrected chi connectivity index (χ0v) is 13.7. The van der Waals surface area contributed by atoms with Gasteiger partial charge in [-0.1, -0.05) is 32.6 Å². The quantitative estimate of drug-likeness (QED) is 0.872. The first-order valence-electron chi connectivity index (χ1n) is 7.55. The molecule has 0 aromatic heterocycles. The van der Waals surface area contributed by atoms with E-state index in [2.05, 4.69) is 25.7 Å². The fourth-order valence-corrected chi connectivity index (χ4v) is 4.01. The number of allylic oxidation sites excluding steroid dienone is 1. The number of nitrogens with zero attached hydrogens (tertiary/aromatic N) is 1. The lowest BCUT2D eigenvalue weighted by atomic mass is 10.0. The van der Waals surface area contributed by atoms with Gasteiger partial charge in [-0.05, 0) is 24.5 Å². The normalized spacial score (nSPS) is 21.3. The van der Waals surface area contributed by atoms with Crippen LogP contribution in [0.5, 0.6) is 0 Å². The summed E-state index contributed by atoms with van der Waals surface area (Å²) >= 11 is 1.70. The Balaban J connectivity index is 1.88. The predicted octanol–water partition coefficient (Wildman–Crippen LogP) is 2.94. The van der Waals surface area contributed by atoms with Crippen molar-refractivity contribution in [3.63, 3.8) is 0 Å². The van der Waals surface area contributed by atoms with Crippen LogP contribution in [0.2, 0.25) is 0 Å². The maximum atomic E-state index is 12.8. The van der Waals surface area contributed by atoms with E-state index >= 15 is 0 Å². The number of amides is 2. The van der Waals surface area contributed by atoms with Crippen LogP contribution >= 0.6 is 11.8 Å². The van der Waals surface area contributed by atoms with Gasteiger partial charge in [-0.25, -0.2) is 0 Å².